The van der Waals surface area contributed by atoms with Crippen LogP contribution >= 0.6 is 0 Å². The Morgan fingerprint density at radius 1 is 1.25 bits per heavy atom. The molecule has 1 aromatic carbocycles. The highest BCUT2D eigenvalue weighted by molar-refractivity contribution is 5.32. The summed E-state index contributed by atoms with van der Waals surface area (Å²) in [6.07, 6.45) is 2.02. The van der Waals surface area contributed by atoms with E-state index in [1.54, 1.807) is 6.26 Å². The van der Waals surface area contributed by atoms with E-state index in [9.17, 15) is 5.11 Å². The summed E-state index contributed by atoms with van der Waals surface area (Å²) < 4.78 is 5.31. The van der Waals surface area contributed by atoms with Crippen LogP contribution in [0.2, 0.25) is 0 Å². The number of rotatable bonds is 6. The summed E-state index contributed by atoms with van der Waals surface area (Å²) in [5.41, 5.74) is 3.35. The zero-order valence-corrected chi connectivity index (χ0v) is 12.4. The molecule has 0 amide bonds. The molecule has 1 heterocycles. The first-order valence-corrected chi connectivity index (χ1v) is 7.12. The maximum absolute atomic E-state index is 10.6. The van der Waals surface area contributed by atoms with Crippen molar-refractivity contribution in [3.8, 4) is 0 Å². The minimum atomic E-state index is -0.504. The monoisotopic (exact) mass is 273 g/mol. The molecule has 108 valence electrons. The first kappa shape index (κ1) is 14.8. The molecule has 0 aliphatic carbocycles. The summed E-state index contributed by atoms with van der Waals surface area (Å²) in [7, 11) is 0. The summed E-state index contributed by atoms with van der Waals surface area (Å²) in [5, 5.41) is 14.0. The Balaban J connectivity index is 2.06. The van der Waals surface area contributed by atoms with Gasteiger partial charge >= 0.3 is 0 Å². The Labute approximate surface area is 120 Å². The van der Waals surface area contributed by atoms with Gasteiger partial charge in [-0.2, -0.15) is 0 Å². The summed E-state index contributed by atoms with van der Waals surface area (Å²) >= 11 is 0. The van der Waals surface area contributed by atoms with Crippen molar-refractivity contribution in [3.05, 3.63) is 59.0 Å². The molecule has 3 nitrogen and oxygen atoms in total. The van der Waals surface area contributed by atoms with Gasteiger partial charge in [0.2, 0.25) is 0 Å². The fourth-order valence-electron chi connectivity index (χ4n) is 2.50. The van der Waals surface area contributed by atoms with Crippen molar-refractivity contribution in [1.82, 2.24) is 5.32 Å². The first-order chi connectivity index (χ1) is 9.61. The Bertz CT molecular complexity index is 534. The molecule has 1 aromatic heterocycles. The van der Waals surface area contributed by atoms with Crippen molar-refractivity contribution >= 4 is 0 Å². The minimum Gasteiger partial charge on any atom is -0.468 e. The second-order valence-electron chi connectivity index (χ2n) is 5.28. The molecule has 3 heteroatoms. The first-order valence-electron chi connectivity index (χ1n) is 7.12. The third-order valence-electron chi connectivity index (χ3n) is 3.68. The van der Waals surface area contributed by atoms with Crippen molar-refractivity contribution in [3.63, 3.8) is 0 Å². The predicted molar refractivity (Wildman–Crippen MR) is 80.5 cm³/mol. The molecule has 0 fully saturated rings. The van der Waals surface area contributed by atoms with E-state index < -0.39 is 6.10 Å². The smallest absolute Gasteiger partial charge is 0.117 e. The van der Waals surface area contributed by atoms with Gasteiger partial charge in [-0.1, -0.05) is 30.7 Å². The molecule has 2 unspecified atom stereocenters. The van der Waals surface area contributed by atoms with E-state index in [1.807, 2.05) is 31.2 Å². The fourth-order valence-corrected chi connectivity index (χ4v) is 2.50. The topological polar surface area (TPSA) is 45.4 Å². The second kappa shape index (κ2) is 6.73. The highest BCUT2D eigenvalue weighted by Gasteiger charge is 2.20. The Morgan fingerprint density at radius 2 is 2.05 bits per heavy atom. The van der Waals surface area contributed by atoms with Gasteiger partial charge in [-0.05, 0) is 43.5 Å². The van der Waals surface area contributed by atoms with Gasteiger partial charge in [0, 0.05) is 6.04 Å². The van der Waals surface area contributed by atoms with Crippen LogP contribution in [-0.4, -0.2) is 11.1 Å². The van der Waals surface area contributed by atoms with E-state index in [4.69, 9.17) is 4.42 Å². The predicted octanol–water partition coefficient (Wildman–Crippen LogP) is 3.50. The standard InChI is InChI=1S/C17H23NO2/c1-4-16(18-11-14-6-5-9-20-14)17(19)15-8-7-12(2)10-13(15)3/h5-10,16-19H,4,11H2,1-3H3. The number of hydrogen-bond acceptors (Lipinski definition) is 3. The van der Waals surface area contributed by atoms with E-state index in [-0.39, 0.29) is 6.04 Å². The summed E-state index contributed by atoms with van der Waals surface area (Å²) in [6, 6.07) is 10.00. The van der Waals surface area contributed by atoms with Gasteiger partial charge in [0.1, 0.15) is 5.76 Å². The van der Waals surface area contributed by atoms with Gasteiger partial charge in [-0.25, -0.2) is 0 Å². The van der Waals surface area contributed by atoms with Gasteiger partial charge in [0.25, 0.3) is 0 Å². The molecule has 2 rings (SSSR count). The molecule has 2 aromatic rings. The van der Waals surface area contributed by atoms with Crippen LogP contribution in [0.1, 0.15) is 41.9 Å². The quantitative estimate of drug-likeness (QED) is 0.846. The lowest BCUT2D eigenvalue weighted by atomic mass is 9.95. The lowest BCUT2D eigenvalue weighted by Gasteiger charge is -2.24. The maximum atomic E-state index is 10.6. The van der Waals surface area contributed by atoms with Crippen LogP contribution in [0.25, 0.3) is 0 Å². The lowest BCUT2D eigenvalue weighted by molar-refractivity contribution is 0.123. The highest BCUT2D eigenvalue weighted by atomic mass is 16.3. The number of nitrogens with one attached hydrogen (secondary N) is 1. The Hall–Kier alpha value is -1.58. The van der Waals surface area contributed by atoms with Gasteiger partial charge in [0.15, 0.2) is 0 Å². The van der Waals surface area contributed by atoms with Crippen LogP contribution in [-0.2, 0) is 6.54 Å². The largest absolute Gasteiger partial charge is 0.468 e. The molecule has 0 radical (unpaired) electrons. The zero-order chi connectivity index (χ0) is 14.5. The lowest BCUT2D eigenvalue weighted by Crippen LogP contribution is -2.34. The fraction of sp³-hybridized carbons (Fsp3) is 0.412. The van der Waals surface area contributed by atoms with Crippen molar-refractivity contribution in [2.45, 2.75) is 45.9 Å². The normalized spacial score (nSPS) is 14.2. The van der Waals surface area contributed by atoms with Crippen LogP contribution in [0, 0.1) is 13.8 Å². The average molecular weight is 273 g/mol. The van der Waals surface area contributed by atoms with E-state index in [2.05, 4.69) is 25.2 Å². The van der Waals surface area contributed by atoms with Crippen LogP contribution < -0.4 is 5.32 Å². The molecule has 0 saturated heterocycles. The summed E-state index contributed by atoms with van der Waals surface area (Å²) in [6.45, 7) is 6.82. The van der Waals surface area contributed by atoms with Crippen LogP contribution in [0.4, 0.5) is 0 Å². The van der Waals surface area contributed by atoms with Crippen molar-refractivity contribution in [2.24, 2.45) is 0 Å². The molecular formula is C17H23NO2. The van der Waals surface area contributed by atoms with Crippen LogP contribution in [0.3, 0.4) is 0 Å². The maximum Gasteiger partial charge on any atom is 0.117 e. The number of hydrogen-bond donors (Lipinski definition) is 2. The van der Waals surface area contributed by atoms with E-state index in [1.165, 1.54) is 5.56 Å². The number of aliphatic hydroxyl groups is 1. The van der Waals surface area contributed by atoms with Gasteiger partial charge in [-0.3, -0.25) is 0 Å². The number of aryl methyl sites for hydroxylation is 2. The summed E-state index contributed by atoms with van der Waals surface area (Å²) in [4.78, 5) is 0. The molecule has 0 spiro atoms. The number of aliphatic hydroxyl groups excluding tert-OH is 1. The Morgan fingerprint density at radius 3 is 2.65 bits per heavy atom. The molecule has 20 heavy (non-hydrogen) atoms. The SMILES string of the molecule is CCC(NCc1ccco1)C(O)c1ccc(C)cc1C. The number of furan rings is 1. The third-order valence-corrected chi connectivity index (χ3v) is 3.68. The van der Waals surface area contributed by atoms with Gasteiger partial charge in [0.05, 0.1) is 18.9 Å². The van der Waals surface area contributed by atoms with Crippen LogP contribution in [0.5, 0.6) is 0 Å². The van der Waals surface area contributed by atoms with Crippen molar-refractivity contribution < 1.29 is 9.52 Å². The highest BCUT2D eigenvalue weighted by Crippen LogP contribution is 2.23. The Kier molecular flexibility index (Phi) is 4.99. The van der Waals surface area contributed by atoms with E-state index in [0.29, 0.717) is 6.54 Å². The molecule has 0 aliphatic heterocycles. The second-order valence-corrected chi connectivity index (χ2v) is 5.28. The molecule has 0 aliphatic rings. The molecular weight excluding hydrogens is 250 g/mol. The van der Waals surface area contributed by atoms with E-state index in [0.717, 1.165) is 23.3 Å². The molecule has 0 bridgehead atoms. The summed E-state index contributed by atoms with van der Waals surface area (Å²) in [5.74, 6) is 0.885. The van der Waals surface area contributed by atoms with Crippen LogP contribution in [0.15, 0.2) is 41.0 Å². The van der Waals surface area contributed by atoms with E-state index >= 15 is 0 Å². The molecule has 2 N–H and O–H groups in total. The van der Waals surface area contributed by atoms with Crippen molar-refractivity contribution in [1.29, 1.82) is 0 Å². The van der Waals surface area contributed by atoms with Gasteiger partial charge in [-0.15, -0.1) is 0 Å². The van der Waals surface area contributed by atoms with Gasteiger partial charge < -0.3 is 14.8 Å². The zero-order valence-electron chi connectivity index (χ0n) is 12.4. The number of benzene rings is 1. The average Bonchev–Trinajstić information content (AvgIpc) is 2.92. The third kappa shape index (κ3) is 3.50. The molecule has 2 atom stereocenters. The minimum absolute atomic E-state index is 0.0153. The molecule has 0 saturated carbocycles. The van der Waals surface area contributed by atoms with Crippen molar-refractivity contribution in [2.75, 3.05) is 0 Å².